The van der Waals surface area contributed by atoms with Crippen molar-refractivity contribution in [2.24, 2.45) is 0 Å². The molecule has 0 fully saturated rings. The van der Waals surface area contributed by atoms with Crippen LogP contribution in [-0.4, -0.2) is 11.3 Å². The zero-order chi connectivity index (χ0) is 8.97. The Morgan fingerprint density at radius 2 is 2.42 bits per heavy atom. The molecule has 0 aromatic carbocycles. The van der Waals surface area contributed by atoms with Crippen LogP contribution in [0.5, 0.6) is 0 Å². The maximum Gasteiger partial charge on any atom is 0.165 e. The second kappa shape index (κ2) is 3.88. The lowest BCUT2D eigenvalue weighted by atomic mass is 10.4. The second-order valence-electron chi connectivity index (χ2n) is 2.13. The van der Waals surface area contributed by atoms with E-state index in [-0.39, 0.29) is 5.70 Å². The average Bonchev–Trinajstić information content (AvgIpc) is 2.09. The lowest BCUT2D eigenvalue weighted by Crippen LogP contribution is -1.99. The van der Waals surface area contributed by atoms with Crippen LogP contribution in [0.15, 0.2) is 30.6 Å². The lowest BCUT2D eigenvalue weighted by Gasteiger charge is -2.01. The van der Waals surface area contributed by atoms with Crippen molar-refractivity contribution in [2.75, 3.05) is 5.32 Å². The van der Waals surface area contributed by atoms with Crippen LogP contribution in [0.3, 0.4) is 0 Å². The molecule has 62 valence electrons. The van der Waals surface area contributed by atoms with Gasteiger partial charge in [-0.1, -0.05) is 18.2 Å². The summed E-state index contributed by atoms with van der Waals surface area (Å²) in [7, 11) is 0. The maximum absolute atomic E-state index is 10.2. The number of rotatable bonds is 3. The van der Waals surface area contributed by atoms with Crippen LogP contribution in [0.2, 0.25) is 5.02 Å². The monoisotopic (exact) mass is 182 g/mol. The summed E-state index contributed by atoms with van der Waals surface area (Å²) in [6.45, 7) is 3.44. The number of nitrogens with one attached hydrogen (secondary N) is 1. The Bertz CT molecular complexity index is 294. The van der Waals surface area contributed by atoms with Crippen LogP contribution < -0.4 is 5.32 Å². The van der Waals surface area contributed by atoms with E-state index in [9.17, 15) is 4.79 Å². The fourth-order valence-electron chi connectivity index (χ4n) is 0.644. The van der Waals surface area contributed by atoms with Gasteiger partial charge < -0.3 is 5.32 Å². The van der Waals surface area contributed by atoms with Gasteiger partial charge in [-0.15, -0.1) is 0 Å². The van der Waals surface area contributed by atoms with Gasteiger partial charge in [-0.3, -0.25) is 4.79 Å². The first-order valence-electron chi connectivity index (χ1n) is 3.25. The summed E-state index contributed by atoms with van der Waals surface area (Å²) in [6.07, 6.45) is 2.11. The molecule has 4 heteroatoms. The maximum atomic E-state index is 10.2. The number of hydrogen-bond donors (Lipinski definition) is 1. The Labute approximate surface area is 75.1 Å². The van der Waals surface area contributed by atoms with Gasteiger partial charge in [0.15, 0.2) is 6.29 Å². The second-order valence-corrected chi connectivity index (χ2v) is 2.57. The molecule has 0 amide bonds. The SMILES string of the molecule is C=C(C=O)Nc1ccc(Cl)cn1. The number of halogens is 1. The number of hydrogen-bond acceptors (Lipinski definition) is 3. The third kappa shape index (κ3) is 2.36. The average molecular weight is 183 g/mol. The van der Waals surface area contributed by atoms with Crippen molar-refractivity contribution in [3.05, 3.63) is 35.6 Å². The Hall–Kier alpha value is -1.35. The van der Waals surface area contributed by atoms with Crippen molar-refractivity contribution < 1.29 is 4.79 Å². The van der Waals surface area contributed by atoms with E-state index in [0.717, 1.165) is 0 Å². The fraction of sp³-hybridized carbons (Fsp3) is 0. The van der Waals surface area contributed by atoms with Gasteiger partial charge >= 0.3 is 0 Å². The van der Waals surface area contributed by atoms with Crippen molar-refractivity contribution in [3.63, 3.8) is 0 Å². The molecule has 0 spiro atoms. The van der Waals surface area contributed by atoms with Crippen LogP contribution in [-0.2, 0) is 4.79 Å². The molecule has 0 radical (unpaired) electrons. The summed E-state index contributed by atoms with van der Waals surface area (Å²) in [5, 5.41) is 3.24. The molecule has 0 aliphatic heterocycles. The third-order valence-corrected chi connectivity index (χ3v) is 1.38. The van der Waals surface area contributed by atoms with Crippen molar-refractivity contribution in [1.29, 1.82) is 0 Å². The zero-order valence-electron chi connectivity index (χ0n) is 6.25. The molecule has 0 saturated carbocycles. The first kappa shape index (κ1) is 8.74. The van der Waals surface area contributed by atoms with Gasteiger partial charge in [0.05, 0.1) is 10.7 Å². The zero-order valence-corrected chi connectivity index (χ0v) is 7.01. The summed E-state index contributed by atoms with van der Waals surface area (Å²) in [5.74, 6) is 0.552. The highest BCUT2D eigenvalue weighted by Crippen LogP contribution is 2.10. The summed E-state index contributed by atoms with van der Waals surface area (Å²) in [5.41, 5.74) is 0.268. The van der Waals surface area contributed by atoms with E-state index in [1.54, 1.807) is 12.1 Å². The van der Waals surface area contributed by atoms with Gasteiger partial charge in [-0.25, -0.2) is 4.98 Å². The van der Waals surface area contributed by atoms with Crippen molar-refractivity contribution in [3.8, 4) is 0 Å². The molecule has 1 heterocycles. The van der Waals surface area contributed by atoms with Crippen molar-refractivity contribution in [1.82, 2.24) is 4.98 Å². The lowest BCUT2D eigenvalue weighted by molar-refractivity contribution is -0.104. The number of anilines is 1. The normalized spacial score (nSPS) is 9.08. The Morgan fingerprint density at radius 3 is 2.92 bits per heavy atom. The minimum atomic E-state index is 0.268. The molecule has 3 nitrogen and oxygen atoms in total. The Morgan fingerprint density at radius 1 is 1.67 bits per heavy atom. The molecule has 1 rings (SSSR count). The van der Waals surface area contributed by atoms with Crippen LogP contribution >= 0.6 is 11.6 Å². The van der Waals surface area contributed by atoms with E-state index in [0.29, 0.717) is 17.1 Å². The third-order valence-electron chi connectivity index (χ3n) is 1.16. The van der Waals surface area contributed by atoms with Crippen molar-refractivity contribution >= 4 is 23.7 Å². The number of aldehydes is 1. The number of carbonyl (C=O) groups is 1. The fourth-order valence-corrected chi connectivity index (χ4v) is 0.756. The topological polar surface area (TPSA) is 42.0 Å². The predicted molar refractivity (Wildman–Crippen MR) is 48.1 cm³/mol. The standard InChI is InChI=1S/C8H7ClN2O/c1-6(5-12)11-8-3-2-7(9)4-10-8/h2-5H,1H2,(H,10,11). The van der Waals surface area contributed by atoms with Gasteiger partial charge in [0.25, 0.3) is 0 Å². The Balaban J connectivity index is 2.71. The number of carbonyl (C=O) groups excluding carboxylic acids is 1. The molecule has 0 aliphatic rings. The highest BCUT2D eigenvalue weighted by atomic mass is 35.5. The Kier molecular flexibility index (Phi) is 2.82. The number of pyridine rings is 1. The molecule has 0 saturated heterocycles. The van der Waals surface area contributed by atoms with Crippen LogP contribution in [0.4, 0.5) is 5.82 Å². The first-order valence-corrected chi connectivity index (χ1v) is 3.63. The van der Waals surface area contributed by atoms with Gasteiger partial charge in [-0.2, -0.15) is 0 Å². The summed E-state index contributed by atoms with van der Waals surface area (Å²) >= 11 is 5.60. The smallest absolute Gasteiger partial charge is 0.165 e. The molecule has 12 heavy (non-hydrogen) atoms. The van der Waals surface area contributed by atoms with Gasteiger partial charge in [0.1, 0.15) is 5.82 Å². The van der Waals surface area contributed by atoms with Gasteiger partial charge in [0, 0.05) is 6.20 Å². The molecular weight excluding hydrogens is 176 g/mol. The van der Waals surface area contributed by atoms with Crippen molar-refractivity contribution in [2.45, 2.75) is 0 Å². The predicted octanol–water partition coefficient (Wildman–Crippen LogP) is 1.86. The number of allylic oxidation sites excluding steroid dienone is 1. The summed E-state index contributed by atoms with van der Waals surface area (Å²) < 4.78 is 0. The highest BCUT2D eigenvalue weighted by Gasteiger charge is 1.94. The molecule has 0 atom stereocenters. The largest absolute Gasteiger partial charge is 0.338 e. The van der Waals surface area contributed by atoms with Gasteiger partial charge in [0.2, 0.25) is 0 Å². The first-order chi connectivity index (χ1) is 5.72. The highest BCUT2D eigenvalue weighted by molar-refractivity contribution is 6.30. The molecule has 0 unspecified atom stereocenters. The van der Waals surface area contributed by atoms with E-state index in [1.807, 2.05) is 0 Å². The van der Waals surface area contributed by atoms with E-state index < -0.39 is 0 Å². The molecule has 1 aromatic heterocycles. The van der Waals surface area contributed by atoms with Gasteiger partial charge in [-0.05, 0) is 12.1 Å². The number of nitrogens with zero attached hydrogens (tertiary/aromatic N) is 1. The molecule has 1 N–H and O–H groups in total. The van der Waals surface area contributed by atoms with E-state index in [4.69, 9.17) is 11.6 Å². The quantitative estimate of drug-likeness (QED) is 0.573. The summed E-state index contributed by atoms with van der Waals surface area (Å²) in [4.78, 5) is 14.1. The van der Waals surface area contributed by atoms with Crippen LogP contribution in [0.1, 0.15) is 0 Å². The minimum absolute atomic E-state index is 0.268. The number of aromatic nitrogens is 1. The molecule has 0 aliphatic carbocycles. The van der Waals surface area contributed by atoms with E-state index in [1.165, 1.54) is 6.20 Å². The molecule has 0 bridgehead atoms. The van der Waals surface area contributed by atoms with E-state index >= 15 is 0 Å². The van der Waals surface area contributed by atoms with E-state index in [2.05, 4.69) is 16.9 Å². The molecule has 1 aromatic rings. The van der Waals surface area contributed by atoms with Crippen LogP contribution in [0.25, 0.3) is 0 Å². The minimum Gasteiger partial charge on any atom is -0.338 e. The van der Waals surface area contributed by atoms with Crippen LogP contribution in [0, 0.1) is 0 Å². The summed E-state index contributed by atoms with van der Waals surface area (Å²) in [6, 6.07) is 3.34. The molecular formula is C8H7ClN2O.